The first-order valence-electron chi connectivity index (χ1n) is 9.46. The van der Waals surface area contributed by atoms with Crippen molar-refractivity contribution in [2.24, 2.45) is 5.41 Å². The fraction of sp³-hybridized carbons (Fsp3) is 0.619. The van der Waals surface area contributed by atoms with Crippen LogP contribution in [0.1, 0.15) is 64.5 Å². The van der Waals surface area contributed by atoms with Crippen LogP contribution >= 0.6 is 15.9 Å². The summed E-state index contributed by atoms with van der Waals surface area (Å²) in [7, 11) is 1.75. The molecule has 1 spiro atoms. The summed E-state index contributed by atoms with van der Waals surface area (Å²) in [4.78, 5) is 25.0. The molecule has 1 atom stereocenters. The van der Waals surface area contributed by atoms with Gasteiger partial charge >= 0.3 is 0 Å². The highest BCUT2D eigenvalue weighted by molar-refractivity contribution is 9.10. The van der Waals surface area contributed by atoms with E-state index in [-0.39, 0.29) is 23.2 Å². The summed E-state index contributed by atoms with van der Waals surface area (Å²) < 4.78 is 6.45. The van der Waals surface area contributed by atoms with Gasteiger partial charge in [-0.1, -0.05) is 35.8 Å². The average Bonchev–Trinajstić information content (AvgIpc) is 2.87. The summed E-state index contributed by atoms with van der Waals surface area (Å²) >= 11 is 3.52. The Bertz CT molecular complexity index is 680. The van der Waals surface area contributed by atoms with E-state index in [1.165, 1.54) is 6.92 Å². The molecule has 1 fully saturated rings. The Morgan fingerprint density at radius 2 is 1.81 bits per heavy atom. The molecule has 2 aliphatic carbocycles. The molecule has 5 heteroatoms. The Morgan fingerprint density at radius 3 is 2.31 bits per heavy atom. The number of hydrogen-bond donors (Lipinski definition) is 1. The summed E-state index contributed by atoms with van der Waals surface area (Å²) in [6, 6.07) is 6.09. The van der Waals surface area contributed by atoms with Gasteiger partial charge in [0, 0.05) is 23.9 Å². The molecular weight excluding hydrogens is 394 g/mol. The molecule has 2 aliphatic rings. The van der Waals surface area contributed by atoms with Crippen LogP contribution in [0, 0.1) is 5.41 Å². The number of benzene rings is 1. The van der Waals surface area contributed by atoms with Gasteiger partial charge in [-0.25, -0.2) is 0 Å². The summed E-state index contributed by atoms with van der Waals surface area (Å²) in [6.45, 7) is 7.10. The minimum absolute atomic E-state index is 0.0189. The average molecular weight is 424 g/mol. The number of hydrogen-bond acceptors (Lipinski definition) is 3. The van der Waals surface area contributed by atoms with Crippen LogP contribution in [0.4, 0.5) is 0 Å². The van der Waals surface area contributed by atoms with Crippen molar-refractivity contribution in [1.29, 1.82) is 0 Å². The van der Waals surface area contributed by atoms with Crippen molar-refractivity contribution in [3.05, 3.63) is 33.8 Å². The number of fused-ring (bicyclic) bond motifs is 1. The van der Waals surface area contributed by atoms with Crippen molar-refractivity contribution >= 4 is 27.6 Å². The maximum Gasteiger partial charge on any atom is 0.217 e. The summed E-state index contributed by atoms with van der Waals surface area (Å²) in [5, 5.41) is 3.08. The molecule has 3 rings (SSSR count). The van der Waals surface area contributed by atoms with Crippen molar-refractivity contribution in [1.82, 2.24) is 5.32 Å². The second-order valence-electron chi connectivity index (χ2n) is 7.18. The first-order chi connectivity index (χ1) is 12.3. The number of carbonyl (C=O) groups is 2. The second-order valence-corrected chi connectivity index (χ2v) is 8.10. The van der Waals surface area contributed by atoms with E-state index in [4.69, 9.17) is 4.74 Å². The van der Waals surface area contributed by atoms with Gasteiger partial charge in [0.2, 0.25) is 5.91 Å². The molecule has 0 aliphatic heterocycles. The highest BCUT2D eigenvalue weighted by Gasteiger charge is 2.61. The number of amides is 1. The van der Waals surface area contributed by atoms with E-state index in [0.29, 0.717) is 0 Å². The zero-order valence-corrected chi connectivity index (χ0v) is 18.0. The number of nitrogens with one attached hydrogen (secondary N) is 1. The highest BCUT2D eigenvalue weighted by atomic mass is 79.9. The molecule has 1 amide bonds. The van der Waals surface area contributed by atoms with Crippen LogP contribution in [0.5, 0.6) is 0 Å². The maximum absolute atomic E-state index is 12.9. The van der Waals surface area contributed by atoms with Crippen molar-refractivity contribution < 1.29 is 14.3 Å². The molecule has 0 bridgehead atoms. The van der Waals surface area contributed by atoms with Crippen molar-refractivity contribution in [2.75, 3.05) is 7.11 Å². The van der Waals surface area contributed by atoms with Gasteiger partial charge in [0.25, 0.3) is 0 Å². The number of halogens is 1. The predicted molar refractivity (Wildman–Crippen MR) is 107 cm³/mol. The van der Waals surface area contributed by atoms with Gasteiger partial charge in [-0.2, -0.15) is 0 Å². The lowest BCUT2D eigenvalue weighted by molar-refractivity contribution is -0.138. The third-order valence-corrected chi connectivity index (χ3v) is 6.41. The Hall–Kier alpha value is -1.20. The van der Waals surface area contributed by atoms with Gasteiger partial charge in [0.15, 0.2) is 5.78 Å². The van der Waals surface area contributed by atoms with Crippen LogP contribution in [0.25, 0.3) is 0 Å². The minimum atomic E-state index is -0.934. The molecule has 0 aromatic heterocycles. The number of rotatable bonds is 3. The molecule has 0 heterocycles. The third-order valence-electron chi connectivity index (χ3n) is 5.91. The fourth-order valence-corrected chi connectivity index (χ4v) is 5.24. The van der Waals surface area contributed by atoms with Gasteiger partial charge in [0.05, 0.1) is 6.10 Å². The first-order valence-corrected chi connectivity index (χ1v) is 10.3. The summed E-state index contributed by atoms with van der Waals surface area (Å²) in [5.41, 5.74) is 0.924. The van der Waals surface area contributed by atoms with Crippen LogP contribution in [-0.2, 0) is 26.3 Å². The van der Waals surface area contributed by atoms with E-state index >= 15 is 0 Å². The Kier molecular flexibility index (Phi) is 6.67. The van der Waals surface area contributed by atoms with E-state index in [2.05, 4.69) is 27.3 Å². The lowest BCUT2D eigenvalue weighted by Crippen LogP contribution is -2.60. The maximum atomic E-state index is 12.9. The van der Waals surface area contributed by atoms with Gasteiger partial charge < -0.3 is 10.1 Å². The highest BCUT2D eigenvalue weighted by Crippen LogP contribution is 2.58. The van der Waals surface area contributed by atoms with Crippen molar-refractivity contribution in [2.45, 2.75) is 71.4 Å². The fourth-order valence-electron chi connectivity index (χ4n) is 4.88. The lowest BCUT2D eigenvalue weighted by atomic mass is 9.60. The van der Waals surface area contributed by atoms with Gasteiger partial charge in [-0.3, -0.25) is 9.59 Å². The zero-order chi connectivity index (χ0) is 19.5. The number of carbonyl (C=O) groups excluding carboxylic acids is 2. The molecule has 1 saturated carbocycles. The van der Waals surface area contributed by atoms with E-state index in [1.54, 1.807) is 14.0 Å². The first kappa shape index (κ1) is 21.1. The second kappa shape index (κ2) is 8.22. The van der Waals surface area contributed by atoms with E-state index in [1.807, 2.05) is 26.0 Å². The molecule has 144 valence electrons. The van der Waals surface area contributed by atoms with Crippen LogP contribution in [0.15, 0.2) is 22.7 Å². The van der Waals surface area contributed by atoms with Crippen LogP contribution in [-0.4, -0.2) is 24.9 Å². The third kappa shape index (κ3) is 3.36. The van der Waals surface area contributed by atoms with Gasteiger partial charge in [-0.05, 0) is 62.3 Å². The minimum Gasteiger partial charge on any atom is -0.381 e. The predicted octanol–water partition coefficient (Wildman–Crippen LogP) is 4.53. The SMILES string of the molecule is CC.COC1CCC2(CC1)Cc1ccc(Br)cc1C2(NC(C)=O)C(C)=O. The standard InChI is InChI=1S/C19H24BrNO3.C2H6/c1-12(22)19(21-13(2)23)17-10-15(20)5-4-14(17)11-18(19)8-6-16(24-3)7-9-18;1-2/h4-5,10,16H,6-9,11H2,1-3H3,(H,21,23);1-2H3. The number of Topliss-reactive ketones (excluding diaryl/α,β-unsaturated/α-hetero) is 1. The van der Waals surface area contributed by atoms with Crippen molar-refractivity contribution in [3.8, 4) is 0 Å². The van der Waals surface area contributed by atoms with Gasteiger partial charge in [-0.15, -0.1) is 0 Å². The molecule has 1 aromatic carbocycles. The Balaban J connectivity index is 0.00000117. The smallest absolute Gasteiger partial charge is 0.217 e. The van der Waals surface area contributed by atoms with E-state index in [9.17, 15) is 9.59 Å². The summed E-state index contributed by atoms with van der Waals surface area (Å²) in [6.07, 6.45) is 4.65. The molecule has 1 unspecified atom stereocenters. The van der Waals surface area contributed by atoms with E-state index < -0.39 is 5.54 Å². The molecule has 0 radical (unpaired) electrons. The lowest BCUT2D eigenvalue weighted by Gasteiger charge is -2.49. The monoisotopic (exact) mass is 423 g/mol. The van der Waals surface area contributed by atoms with Crippen LogP contribution in [0.2, 0.25) is 0 Å². The largest absolute Gasteiger partial charge is 0.381 e. The van der Waals surface area contributed by atoms with E-state index in [0.717, 1.165) is 47.7 Å². The van der Waals surface area contributed by atoms with Crippen LogP contribution < -0.4 is 5.32 Å². The molecule has 1 aromatic rings. The number of ketones is 1. The molecule has 1 N–H and O–H groups in total. The molecule has 4 nitrogen and oxygen atoms in total. The normalized spacial score (nSPS) is 29.5. The number of ether oxygens (including phenoxy) is 1. The molecule has 0 saturated heterocycles. The quantitative estimate of drug-likeness (QED) is 0.776. The number of methoxy groups -OCH3 is 1. The Labute approximate surface area is 165 Å². The van der Waals surface area contributed by atoms with Gasteiger partial charge in [0.1, 0.15) is 5.54 Å². The molecular formula is C21H30BrNO3. The summed E-state index contributed by atoms with van der Waals surface area (Å²) in [5.74, 6) is -0.142. The topological polar surface area (TPSA) is 55.4 Å². The molecule has 26 heavy (non-hydrogen) atoms. The Morgan fingerprint density at radius 1 is 1.19 bits per heavy atom. The zero-order valence-electron chi connectivity index (χ0n) is 16.4. The van der Waals surface area contributed by atoms with Crippen LogP contribution in [0.3, 0.4) is 0 Å². The van der Waals surface area contributed by atoms with Crippen molar-refractivity contribution in [3.63, 3.8) is 0 Å².